The molecule has 0 unspecified atom stereocenters. The van der Waals surface area contributed by atoms with Gasteiger partial charge in [-0.15, -0.1) is 0 Å². The molecule has 1 saturated heterocycles. The van der Waals surface area contributed by atoms with Gasteiger partial charge in [-0.3, -0.25) is 4.79 Å². The van der Waals surface area contributed by atoms with Crippen molar-refractivity contribution in [3.63, 3.8) is 0 Å². The Balaban J connectivity index is 1.92. The molecular weight excluding hydrogens is 236 g/mol. The molecule has 1 amide bonds. The normalized spacial score (nSPS) is 19.3. The largest absolute Gasteiger partial charge is 0.352 e. The molecule has 0 aromatic heterocycles. The van der Waals surface area contributed by atoms with E-state index < -0.39 is 0 Å². The van der Waals surface area contributed by atoms with Gasteiger partial charge in [0.25, 0.3) is 5.91 Å². The molecule has 0 bridgehead atoms. The van der Waals surface area contributed by atoms with Gasteiger partial charge in [0.1, 0.15) is 0 Å². The Kier molecular flexibility index (Phi) is 4.02. The van der Waals surface area contributed by atoms with Gasteiger partial charge in [0.15, 0.2) is 0 Å². The van der Waals surface area contributed by atoms with Gasteiger partial charge < -0.3 is 10.6 Å². The third-order valence-corrected chi connectivity index (χ3v) is 3.56. The van der Waals surface area contributed by atoms with Gasteiger partial charge in [0, 0.05) is 17.1 Å². The molecule has 3 nitrogen and oxygen atoms in total. The number of nitrogens with one attached hydrogen (secondary N) is 2. The van der Waals surface area contributed by atoms with Crippen molar-refractivity contribution in [2.75, 3.05) is 19.6 Å². The third kappa shape index (κ3) is 3.20. The van der Waals surface area contributed by atoms with Crippen molar-refractivity contribution in [1.29, 1.82) is 0 Å². The first-order chi connectivity index (χ1) is 8.16. The summed E-state index contributed by atoms with van der Waals surface area (Å²) in [5, 5.41) is 6.95. The zero-order valence-electron chi connectivity index (χ0n) is 9.92. The SMILES string of the molecule is Cc1cc(C(=O)NC[C@H]2CCNC2)ccc1Cl. The van der Waals surface area contributed by atoms with Crippen LogP contribution in [-0.2, 0) is 0 Å². The number of aryl methyl sites for hydroxylation is 1. The zero-order chi connectivity index (χ0) is 12.3. The highest BCUT2D eigenvalue weighted by Gasteiger charge is 2.15. The van der Waals surface area contributed by atoms with Crippen LogP contribution in [0.2, 0.25) is 5.02 Å². The topological polar surface area (TPSA) is 41.1 Å². The van der Waals surface area contributed by atoms with E-state index in [4.69, 9.17) is 11.6 Å². The monoisotopic (exact) mass is 252 g/mol. The van der Waals surface area contributed by atoms with Gasteiger partial charge in [-0.1, -0.05) is 11.6 Å². The van der Waals surface area contributed by atoms with Gasteiger partial charge in [-0.25, -0.2) is 0 Å². The van der Waals surface area contributed by atoms with E-state index in [0.29, 0.717) is 16.5 Å². The van der Waals surface area contributed by atoms with E-state index in [-0.39, 0.29) is 5.91 Å². The molecule has 1 aromatic rings. The number of carbonyl (C=O) groups is 1. The van der Waals surface area contributed by atoms with Gasteiger partial charge in [-0.05, 0) is 56.1 Å². The van der Waals surface area contributed by atoms with E-state index >= 15 is 0 Å². The minimum Gasteiger partial charge on any atom is -0.352 e. The summed E-state index contributed by atoms with van der Waals surface area (Å²) in [6, 6.07) is 5.35. The quantitative estimate of drug-likeness (QED) is 0.864. The Hall–Kier alpha value is -1.06. The lowest BCUT2D eigenvalue weighted by atomic mass is 10.1. The average molecular weight is 253 g/mol. The number of rotatable bonds is 3. The highest BCUT2D eigenvalue weighted by atomic mass is 35.5. The molecule has 17 heavy (non-hydrogen) atoms. The van der Waals surface area contributed by atoms with Crippen molar-refractivity contribution >= 4 is 17.5 Å². The molecule has 1 aliphatic rings. The van der Waals surface area contributed by atoms with Crippen molar-refractivity contribution in [3.8, 4) is 0 Å². The maximum atomic E-state index is 11.9. The molecular formula is C13H17ClN2O. The van der Waals surface area contributed by atoms with E-state index in [1.54, 1.807) is 12.1 Å². The summed E-state index contributed by atoms with van der Waals surface area (Å²) in [4.78, 5) is 11.9. The number of hydrogen-bond donors (Lipinski definition) is 2. The minimum absolute atomic E-state index is 0.0170. The highest BCUT2D eigenvalue weighted by molar-refractivity contribution is 6.31. The van der Waals surface area contributed by atoms with Crippen LogP contribution in [0.25, 0.3) is 0 Å². The van der Waals surface area contributed by atoms with Crippen LogP contribution in [0.15, 0.2) is 18.2 Å². The molecule has 1 aromatic carbocycles. The second-order valence-electron chi connectivity index (χ2n) is 4.53. The number of benzene rings is 1. The van der Waals surface area contributed by atoms with E-state index in [2.05, 4.69) is 10.6 Å². The molecule has 1 heterocycles. The molecule has 0 aliphatic carbocycles. The van der Waals surface area contributed by atoms with Gasteiger partial charge >= 0.3 is 0 Å². The maximum absolute atomic E-state index is 11.9. The number of halogens is 1. The predicted octanol–water partition coefficient (Wildman–Crippen LogP) is 1.99. The van der Waals surface area contributed by atoms with Crippen LogP contribution in [0, 0.1) is 12.8 Å². The molecule has 1 fully saturated rings. The molecule has 0 saturated carbocycles. The van der Waals surface area contributed by atoms with Crippen molar-refractivity contribution < 1.29 is 4.79 Å². The van der Waals surface area contributed by atoms with Crippen LogP contribution in [-0.4, -0.2) is 25.5 Å². The van der Waals surface area contributed by atoms with E-state index in [9.17, 15) is 4.79 Å². The summed E-state index contributed by atoms with van der Waals surface area (Å²) in [6.07, 6.45) is 1.14. The van der Waals surface area contributed by atoms with E-state index in [1.807, 2.05) is 13.0 Å². The fourth-order valence-corrected chi connectivity index (χ4v) is 2.13. The summed E-state index contributed by atoms with van der Waals surface area (Å²) in [7, 11) is 0. The minimum atomic E-state index is -0.0170. The molecule has 92 valence electrons. The van der Waals surface area contributed by atoms with Crippen LogP contribution in [0.1, 0.15) is 22.3 Å². The number of hydrogen-bond acceptors (Lipinski definition) is 2. The molecule has 1 atom stereocenters. The third-order valence-electron chi connectivity index (χ3n) is 3.13. The van der Waals surface area contributed by atoms with Gasteiger partial charge in [0.05, 0.1) is 0 Å². The van der Waals surface area contributed by atoms with Crippen LogP contribution >= 0.6 is 11.6 Å². The molecule has 1 aliphatic heterocycles. The average Bonchev–Trinajstić information content (AvgIpc) is 2.82. The Morgan fingerprint density at radius 1 is 1.59 bits per heavy atom. The van der Waals surface area contributed by atoms with Crippen LogP contribution < -0.4 is 10.6 Å². The van der Waals surface area contributed by atoms with Crippen LogP contribution in [0.4, 0.5) is 0 Å². The lowest BCUT2D eigenvalue weighted by Gasteiger charge is -2.10. The number of carbonyl (C=O) groups excluding carboxylic acids is 1. The van der Waals surface area contributed by atoms with Gasteiger partial charge in [-0.2, -0.15) is 0 Å². The summed E-state index contributed by atoms with van der Waals surface area (Å²) >= 11 is 5.93. The number of amides is 1. The first-order valence-electron chi connectivity index (χ1n) is 5.92. The smallest absolute Gasteiger partial charge is 0.251 e. The molecule has 2 rings (SSSR count). The van der Waals surface area contributed by atoms with E-state index in [1.165, 1.54) is 0 Å². The van der Waals surface area contributed by atoms with Crippen molar-refractivity contribution in [3.05, 3.63) is 34.3 Å². The second-order valence-corrected chi connectivity index (χ2v) is 4.94. The predicted molar refractivity (Wildman–Crippen MR) is 69.5 cm³/mol. The first-order valence-corrected chi connectivity index (χ1v) is 6.29. The fourth-order valence-electron chi connectivity index (χ4n) is 2.01. The zero-order valence-corrected chi connectivity index (χ0v) is 10.7. The second kappa shape index (κ2) is 5.52. The Morgan fingerprint density at radius 3 is 3.06 bits per heavy atom. The van der Waals surface area contributed by atoms with Crippen LogP contribution in [0.3, 0.4) is 0 Å². The van der Waals surface area contributed by atoms with Crippen molar-refractivity contribution in [2.45, 2.75) is 13.3 Å². The fraction of sp³-hybridized carbons (Fsp3) is 0.462. The standard InChI is InChI=1S/C13H17ClN2O/c1-9-6-11(2-3-12(9)14)13(17)16-8-10-4-5-15-7-10/h2-3,6,10,15H,4-5,7-8H2,1H3,(H,16,17)/t10-/m0/s1. The van der Waals surface area contributed by atoms with Crippen molar-refractivity contribution in [2.24, 2.45) is 5.92 Å². The Labute approximate surface area is 107 Å². The summed E-state index contributed by atoms with van der Waals surface area (Å²) in [6.45, 7) is 4.70. The Bertz CT molecular complexity index is 414. The molecule has 2 N–H and O–H groups in total. The summed E-state index contributed by atoms with van der Waals surface area (Å²) < 4.78 is 0. The Morgan fingerprint density at radius 2 is 2.41 bits per heavy atom. The lowest BCUT2D eigenvalue weighted by Crippen LogP contribution is -2.30. The lowest BCUT2D eigenvalue weighted by molar-refractivity contribution is 0.0948. The maximum Gasteiger partial charge on any atom is 0.251 e. The summed E-state index contributed by atoms with van der Waals surface area (Å²) in [5.74, 6) is 0.545. The van der Waals surface area contributed by atoms with E-state index in [0.717, 1.165) is 31.6 Å². The van der Waals surface area contributed by atoms with Crippen molar-refractivity contribution in [1.82, 2.24) is 10.6 Å². The van der Waals surface area contributed by atoms with Crippen LogP contribution in [0.5, 0.6) is 0 Å². The molecule has 0 spiro atoms. The molecule has 0 radical (unpaired) electrons. The molecule has 4 heteroatoms. The summed E-state index contributed by atoms with van der Waals surface area (Å²) in [5.41, 5.74) is 1.61. The highest BCUT2D eigenvalue weighted by Crippen LogP contribution is 2.16. The van der Waals surface area contributed by atoms with Gasteiger partial charge in [0.2, 0.25) is 0 Å². The first kappa shape index (κ1) is 12.4.